The Bertz CT molecular complexity index is 350. The zero-order chi connectivity index (χ0) is 15.2. The molecule has 1 aliphatic carbocycles. The lowest BCUT2D eigenvalue weighted by Crippen LogP contribution is -2.46. The molecule has 20 heavy (non-hydrogen) atoms. The molecule has 0 saturated heterocycles. The van der Waals surface area contributed by atoms with Gasteiger partial charge >= 0.3 is 0 Å². The van der Waals surface area contributed by atoms with Crippen LogP contribution in [0, 0.1) is 0 Å². The van der Waals surface area contributed by atoms with E-state index in [2.05, 4.69) is 51.3 Å². The van der Waals surface area contributed by atoms with Crippen LogP contribution in [0.15, 0.2) is 23.4 Å². The average molecular weight is 329 g/mol. The van der Waals surface area contributed by atoms with Gasteiger partial charge in [-0.15, -0.1) is 0 Å². The van der Waals surface area contributed by atoms with Crippen molar-refractivity contribution in [3.05, 3.63) is 23.4 Å². The lowest BCUT2D eigenvalue weighted by Gasteiger charge is -2.39. The summed E-state index contributed by atoms with van der Waals surface area (Å²) in [6.07, 6.45) is 16.5. The molecule has 0 N–H and O–H groups in total. The normalized spacial score (nSPS) is 17.4. The maximum atomic E-state index is 6.92. The summed E-state index contributed by atoms with van der Waals surface area (Å²) < 4.78 is 0. The molecule has 0 bridgehead atoms. The molecule has 1 atom stereocenters. The maximum absolute atomic E-state index is 6.92. The Labute approximate surface area is 133 Å². The SMILES string of the molecule is CCCCCCCC([Si](C)(C)Cl)[Si](C)(C)C1=CCC=C1. The summed E-state index contributed by atoms with van der Waals surface area (Å²) in [5.74, 6) is 0. The molecule has 0 aromatic rings. The van der Waals surface area contributed by atoms with Crippen LogP contribution >= 0.6 is 11.1 Å². The van der Waals surface area contributed by atoms with Crippen molar-refractivity contribution >= 4 is 26.5 Å². The summed E-state index contributed by atoms with van der Waals surface area (Å²) in [5, 5.41) is 2.45. The van der Waals surface area contributed by atoms with E-state index in [1.165, 1.54) is 38.5 Å². The summed E-state index contributed by atoms with van der Waals surface area (Å²) in [5.41, 5.74) is 0. The minimum Gasteiger partial charge on any atom is -0.168 e. The summed E-state index contributed by atoms with van der Waals surface area (Å²) in [4.78, 5) is 0. The van der Waals surface area contributed by atoms with Gasteiger partial charge in [-0.25, -0.2) is 0 Å². The Morgan fingerprint density at radius 3 is 2.25 bits per heavy atom. The smallest absolute Gasteiger partial charge is 0.151 e. The fourth-order valence-electron chi connectivity index (χ4n) is 3.65. The summed E-state index contributed by atoms with van der Waals surface area (Å²) in [6.45, 7) is 12.1. The monoisotopic (exact) mass is 328 g/mol. The summed E-state index contributed by atoms with van der Waals surface area (Å²) >= 11 is 6.92. The van der Waals surface area contributed by atoms with Crippen molar-refractivity contribution in [3.8, 4) is 0 Å². The fourth-order valence-corrected chi connectivity index (χ4v) is 17.2. The van der Waals surface area contributed by atoms with Crippen LogP contribution in [-0.2, 0) is 0 Å². The maximum Gasteiger partial charge on any atom is 0.151 e. The molecular formula is C17H33ClSi2. The van der Waals surface area contributed by atoms with E-state index in [0.29, 0.717) is 0 Å². The van der Waals surface area contributed by atoms with Gasteiger partial charge in [-0.3, -0.25) is 0 Å². The predicted octanol–water partition coefficient (Wildman–Crippen LogP) is 6.83. The second-order valence-electron chi connectivity index (χ2n) is 7.34. The van der Waals surface area contributed by atoms with Gasteiger partial charge in [-0.05, 0) is 11.6 Å². The molecule has 0 aromatic carbocycles. The fraction of sp³-hybridized carbons (Fsp3) is 0.765. The molecule has 0 spiro atoms. The van der Waals surface area contributed by atoms with E-state index in [1.807, 2.05) is 0 Å². The summed E-state index contributed by atoms with van der Waals surface area (Å²) in [7, 11) is -3.00. The van der Waals surface area contributed by atoms with E-state index >= 15 is 0 Å². The van der Waals surface area contributed by atoms with Gasteiger partial charge in [0.15, 0.2) is 7.38 Å². The first-order valence-electron chi connectivity index (χ1n) is 8.36. The quantitative estimate of drug-likeness (QED) is 0.247. The predicted molar refractivity (Wildman–Crippen MR) is 99.8 cm³/mol. The number of unbranched alkanes of at least 4 members (excludes halogenated alkanes) is 4. The van der Waals surface area contributed by atoms with Crippen molar-refractivity contribution in [2.75, 3.05) is 0 Å². The molecule has 0 heterocycles. The first kappa shape index (κ1) is 18.3. The van der Waals surface area contributed by atoms with Gasteiger partial charge < -0.3 is 0 Å². The number of hydrogen-bond acceptors (Lipinski definition) is 0. The van der Waals surface area contributed by atoms with Crippen molar-refractivity contribution in [2.24, 2.45) is 0 Å². The molecule has 3 heteroatoms. The standard InChI is InChI=1S/C17H33ClSi2/c1-6-7-8-9-10-15-17(20(4,5)18)19(2,3)16-13-11-12-14-16/h11,13-14,17H,6-10,12,15H2,1-5H3. The van der Waals surface area contributed by atoms with Crippen LogP contribution in [0.4, 0.5) is 0 Å². The molecule has 0 aliphatic heterocycles. The highest BCUT2D eigenvalue weighted by Crippen LogP contribution is 2.43. The lowest BCUT2D eigenvalue weighted by molar-refractivity contribution is 0.613. The largest absolute Gasteiger partial charge is 0.168 e. The lowest BCUT2D eigenvalue weighted by atomic mass is 10.1. The van der Waals surface area contributed by atoms with E-state index < -0.39 is 15.5 Å². The van der Waals surface area contributed by atoms with Gasteiger partial charge in [-0.1, -0.05) is 95.1 Å². The highest BCUT2D eigenvalue weighted by atomic mass is 35.6. The molecule has 0 amide bonds. The van der Waals surface area contributed by atoms with Crippen LogP contribution in [0.2, 0.25) is 31.4 Å². The minimum absolute atomic E-state index is 0.798. The Morgan fingerprint density at radius 2 is 1.75 bits per heavy atom. The topological polar surface area (TPSA) is 0 Å². The molecule has 0 nitrogen and oxygen atoms in total. The third-order valence-corrected chi connectivity index (χ3v) is 16.3. The third kappa shape index (κ3) is 5.20. The molecule has 1 unspecified atom stereocenters. The van der Waals surface area contributed by atoms with Gasteiger partial charge in [0.05, 0.1) is 8.07 Å². The number of halogens is 1. The highest BCUT2D eigenvalue weighted by Gasteiger charge is 2.43. The van der Waals surface area contributed by atoms with Gasteiger partial charge in [0, 0.05) is 0 Å². The van der Waals surface area contributed by atoms with Crippen LogP contribution in [0.5, 0.6) is 0 Å². The van der Waals surface area contributed by atoms with Crippen molar-refractivity contribution in [3.63, 3.8) is 0 Å². The highest BCUT2D eigenvalue weighted by molar-refractivity contribution is 7.25. The first-order valence-corrected chi connectivity index (χ1v) is 15.5. The van der Waals surface area contributed by atoms with Gasteiger partial charge in [-0.2, -0.15) is 11.1 Å². The van der Waals surface area contributed by atoms with Crippen molar-refractivity contribution < 1.29 is 0 Å². The third-order valence-electron chi connectivity index (χ3n) is 4.81. The molecule has 1 aliphatic rings. The molecule has 0 radical (unpaired) electrons. The average Bonchev–Trinajstić information content (AvgIpc) is 2.86. The van der Waals surface area contributed by atoms with Gasteiger partial charge in [0.1, 0.15) is 0 Å². The zero-order valence-electron chi connectivity index (χ0n) is 14.1. The van der Waals surface area contributed by atoms with Crippen molar-refractivity contribution in [1.29, 1.82) is 0 Å². The van der Waals surface area contributed by atoms with E-state index in [4.69, 9.17) is 11.1 Å². The second kappa shape index (κ2) is 8.00. The second-order valence-corrected chi connectivity index (χ2v) is 19.4. The Kier molecular flexibility index (Phi) is 7.30. The number of hydrogen-bond donors (Lipinski definition) is 0. The van der Waals surface area contributed by atoms with E-state index in [9.17, 15) is 0 Å². The van der Waals surface area contributed by atoms with E-state index in [0.717, 1.165) is 11.6 Å². The van der Waals surface area contributed by atoms with Crippen LogP contribution in [0.25, 0.3) is 0 Å². The Balaban J connectivity index is 2.67. The molecule has 0 aromatic heterocycles. The van der Waals surface area contributed by atoms with E-state index in [-0.39, 0.29) is 0 Å². The van der Waals surface area contributed by atoms with Crippen LogP contribution in [-0.4, -0.2) is 15.5 Å². The molecule has 1 rings (SSSR count). The summed E-state index contributed by atoms with van der Waals surface area (Å²) in [6, 6.07) is 0. The van der Waals surface area contributed by atoms with Crippen LogP contribution in [0.3, 0.4) is 0 Å². The van der Waals surface area contributed by atoms with Crippen molar-refractivity contribution in [1.82, 2.24) is 0 Å². The molecule has 116 valence electrons. The molecule has 0 fully saturated rings. The number of rotatable bonds is 9. The van der Waals surface area contributed by atoms with Gasteiger partial charge in [0.25, 0.3) is 0 Å². The zero-order valence-corrected chi connectivity index (χ0v) is 16.9. The minimum atomic E-state index is -1.60. The first-order chi connectivity index (χ1) is 9.30. The molecule has 0 saturated carbocycles. The Morgan fingerprint density at radius 1 is 1.10 bits per heavy atom. The van der Waals surface area contributed by atoms with Crippen LogP contribution in [0.1, 0.15) is 51.9 Å². The molecular weight excluding hydrogens is 296 g/mol. The number of allylic oxidation sites excluding steroid dienone is 4. The van der Waals surface area contributed by atoms with Crippen LogP contribution < -0.4 is 0 Å². The van der Waals surface area contributed by atoms with Gasteiger partial charge in [0.2, 0.25) is 0 Å². The van der Waals surface area contributed by atoms with E-state index in [1.54, 1.807) is 5.20 Å². The Hall–Kier alpha value is 0.204. The van der Waals surface area contributed by atoms with Crippen molar-refractivity contribution in [2.45, 2.75) is 83.2 Å².